The molecule has 0 aliphatic carbocycles. The molecule has 1 aliphatic heterocycles. The Balaban J connectivity index is 1.87. The Morgan fingerprint density at radius 1 is 1.09 bits per heavy atom. The molecule has 0 bridgehead atoms. The average Bonchev–Trinajstić information content (AvgIpc) is 2.53. The summed E-state index contributed by atoms with van der Waals surface area (Å²) in [6.07, 6.45) is 3.70. The highest BCUT2D eigenvalue weighted by Crippen LogP contribution is 2.38. The maximum Gasteiger partial charge on any atom is 0.242 e. The van der Waals surface area contributed by atoms with Gasteiger partial charge in [-0.1, -0.05) is 30.3 Å². The minimum absolute atomic E-state index is 0.0528. The first-order valence-electron chi connectivity index (χ1n) is 6.73. The van der Waals surface area contributed by atoms with Gasteiger partial charge in [0.25, 0.3) is 0 Å². The van der Waals surface area contributed by atoms with Gasteiger partial charge in [0, 0.05) is 28.2 Å². The fourth-order valence-electron chi connectivity index (χ4n) is 2.58. The molecule has 0 spiro atoms. The van der Waals surface area contributed by atoms with Crippen LogP contribution < -0.4 is 4.72 Å². The first-order valence-corrected chi connectivity index (χ1v) is 9.37. The summed E-state index contributed by atoms with van der Waals surface area (Å²) in [6.45, 7) is 0. The van der Waals surface area contributed by atoms with Gasteiger partial charge in [-0.25, -0.2) is 8.42 Å². The molecule has 2 heterocycles. The molecule has 1 aromatic heterocycles. The molecule has 4 nitrogen and oxygen atoms in total. The van der Waals surface area contributed by atoms with Crippen molar-refractivity contribution in [2.24, 2.45) is 0 Å². The molecule has 2 aromatic carbocycles. The fraction of sp³-hybridized carbons (Fsp3) is 0.0625. The zero-order valence-corrected chi connectivity index (χ0v) is 13.1. The number of aromatic nitrogens is 1. The van der Waals surface area contributed by atoms with Gasteiger partial charge < -0.3 is 0 Å². The van der Waals surface area contributed by atoms with Crippen LogP contribution >= 0.6 is 11.8 Å². The third-order valence-corrected chi connectivity index (χ3v) is 6.49. The number of rotatable bonds is 1. The predicted octanol–water partition coefficient (Wildman–Crippen LogP) is 3.71. The van der Waals surface area contributed by atoms with Gasteiger partial charge in [-0.15, -0.1) is 11.8 Å². The molecule has 0 atom stereocenters. The van der Waals surface area contributed by atoms with Crippen LogP contribution in [0.25, 0.3) is 21.9 Å². The summed E-state index contributed by atoms with van der Waals surface area (Å²) < 4.78 is 25.8. The van der Waals surface area contributed by atoms with Crippen LogP contribution in [0.2, 0.25) is 0 Å². The van der Waals surface area contributed by atoms with E-state index in [1.165, 1.54) is 11.8 Å². The van der Waals surface area contributed by atoms with Crippen molar-refractivity contribution >= 4 is 38.2 Å². The Hall–Kier alpha value is -2.05. The maximum atomic E-state index is 11.6. The number of fused-ring (bicyclic) bond motifs is 2. The summed E-state index contributed by atoms with van der Waals surface area (Å²) >= 11 is 1.34. The summed E-state index contributed by atoms with van der Waals surface area (Å²) in [5.41, 5.74) is 2.74. The number of anilines is 1. The number of benzene rings is 2. The van der Waals surface area contributed by atoms with Crippen LogP contribution in [-0.2, 0) is 10.0 Å². The highest BCUT2D eigenvalue weighted by atomic mass is 32.3. The Labute approximate surface area is 132 Å². The molecule has 1 N–H and O–H groups in total. The van der Waals surface area contributed by atoms with Crippen molar-refractivity contribution in [3.05, 3.63) is 54.9 Å². The van der Waals surface area contributed by atoms with Crippen LogP contribution in [0.1, 0.15) is 0 Å². The second-order valence-electron chi connectivity index (χ2n) is 5.10. The van der Waals surface area contributed by atoms with E-state index in [1.54, 1.807) is 0 Å². The zero-order chi connectivity index (χ0) is 15.2. The molecular formula is C16H12N2O2S2. The quantitative estimate of drug-likeness (QED) is 0.740. The van der Waals surface area contributed by atoms with E-state index >= 15 is 0 Å². The highest BCUT2D eigenvalue weighted by Gasteiger charge is 2.21. The van der Waals surface area contributed by atoms with Gasteiger partial charge in [-0.05, 0) is 23.1 Å². The SMILES string of the molecule is O=S1(=O)CSc2cc(-c3cncc4ccccc34)ccc2N1. The van der Waals surface area contributed by atoms with Gasteiger partial charge >= 0.3 is 0 Å². The van der Waals surface area contributed by atoms with E-state index in [0.29, 0.717) is 5.69 Å². The summed E-state index contributed by atoms with van der Waals surface area (Å²) in [5, 5.41) is 2.28. The number of thioether (sulfide) groups is 1. The summed E-state index contributed by atoms with van der Waals surface area (Å²) in [4.78, 5) is 5.25. The average molecular weight is 328 g/mol. The van der Waals surface area contributed by atoms with Crippen LogP contribution in [0, 0.1) is 0 Å². The topological polar surface area (TPSA) is 59.1 Å². The monoisotopic (exact) mass is 328 g/mol. The number of sulfonamides is 1. The van der Waals surface area contributed by atoms with Gasteiger partial charge in [-0.2, -0.15) is 0 Å². The fourth-order valence-corrected chi connectivity index (χ4v) is 5.00. The van der Waals surface area contributed by atoms with Crippen molar-refractivity contribution in [3.8, 4) is 11.1 Å². The lowest BCUT2D eigenvalue weighted by Gasteiger charge is -2.18. The lowest BCUT2D eigenvalue weighted by molar-refractivity contribution is 0.605. The molecule has 0 radical (unpaired) electrons. The molecular weight excluding hydrogens is 316 g/mol. The molecule has 0 fully saturated rings. The van der Waals surface area contributed by atoms with Crippen LogP contribution in [0.3, 0.4) is 0 Å². The third kappa shape index (κ3) is 2.34. The number of hydrogen-bond acceptors (Lipinski definition) is 4. The molecule has 0 unspecified atom stereocenters. The second kappa shape index (κ2) is 5.00. The minimum atomic E-state index is -3.21. The van der Waals surface area contributed by atoms with E-state index in [0.717, 1.165) is 26.8 Å². The standard InChI is InChI=1S/C16H12N2O2S2/c19-22(20)10-21-16-7-11(5-6-15(16)18-22)14-9-17-8-12-3-1-2-4-13(12)14/h1-9,18H,10H2. The van der Waals surface area contributed by atoms with Crippen LogP contribution in [0.15, 0.2) is 59.8 Å². The smallest absolute Gasteiger partial charge is 0.242 e. The van der Waals surface area contributed by atoms with Crippen molar-refractivity contribution < 1.29 is 8.42 Å². The van der Waals surface area contributed by atoms with Crippen LogP contribution in [0.4, 0.5) is 5.69 Å². The van der Waals surface area contributed by atoms with Crippen LogP contribution in [-0.4, -0.2) is 18.5 Å². The Morgan fingerprint density at radius 2 is 1.95 bits per heavy atom. The minimum Gasteiger partial charge on any atom is -0.282 e. The molecule has 0 saturated heterocycles. The number of pyridine rings is 1. The number of nitrogens with one attached hydrogen (secondary N) is 1. The van der Waals surface area contributed by atoms with Gasteiger partial charge in [0.15, 0.2) is 0 Å². The largest absolute Gasteiger partial charge is 0.282 e. The molecule has 6 heteroatoms. The lowest BCUT2D eigenvalue weighted by atomic mass is 10.0. The van der Waals surface area contributed by atoms with Crippen molar-refractivity contribution in [2.75, 3.05) is 9.81 Å². The number of hydrogen-bond donors (Lipinski definition) is 1. The normalized spacial score (nSPS) is 16.0. The van der Waals surface area contributed by atoms with E-state index in [4.69, 9.17) is 0 Å². The molecule has 0 saturated carbocycles. The third-order valence-electron chi connectivity index (χ3n) is 3.60. The van der Waals surface area contributed by atoms with Gasteiger partial charge in [0.1, 0.15) is 5.08 Å². The lowest BCUT2D eigenvalue weighted by Crippen LogP contribution is -2.18. The zero-order valence-electron chi connectivity index (χ0n) is 11.5. The van der Waals surface area contributed by atoms with Crippen molar-refractivity contribution in [1.82, 2.24) is 4.98 Å². The van der Waals surface area contributed by atoms with Gasteiger partial charge in [0.05, 0.1) is 5.69 Å². The first-order chi connectivity index (χ1) is 10.6. The summed E-state index contributed by atoms with van der Waals surface area (Å²) in [5.74, 6) is 0. The van der Waals surface area contributed by atoms with E-state index in [-0.39, 0.29) is 5.08 Å². The maximum absolute atomic E-state index is 11.6. The Kier molecular flexibility index (Phi) is 3.09. The molecule has 3 aromatic rings. The van der Waals surface area contributed by atoms with Crippen LogP contribution in [0.5, 0.6) is 0 Å². The van der Waals surface area contributed by atoms with E-state index < -0.39 is 10.0 Å². The summed E-state index contributed by atoms with van der Waals surface area (Å²) in [7, 11) is -3.21. The molecule has 22 heavy (non-hydrogen) atoms. The van der Waals surface area contributed by atoms with Gasteiger partial charge in [0.2, 0.25) is 10.0 Å². The second-order valence-corrected chi connectivity index (χ2v) is 8.20. The van der Waals surface area contributed by atoms with E-state index in [2.05, 4.69) is 15.8 Å². The van der Waals surface area contributed by atoms with E-state index in [1.807, 2.05) is 48.8 Å². The summed E-state index contributed by atoms with van der Waals surface area (Å²) in [6, 6.07) is 13.9. The highest BCUT2D eigenvalue weighted by molar-refractivity contribution is 8.13. The van der Waals surface area contributed by atoms with Crippen molar-refractivity contribution in [1.29, 1.82) is 0 Å². The molecule has 4 rings (SSSR count). The van der Waals surface area contributed by atoms with Gasteiger partial charge in [-0.3, -0.25) is 9.71 Å². The predicted molar refractivity (Wildman–Crippen MR) is 90.4 cm³/mol. The number of nitrogens with zero attached hydrogens (tertiary/aromatic N) is 1. The first kappa shape index (κ1) is 13.6. The Bertz CT molecular complexity index is 979. The van der Waals surface area contributed by atoms with Crippen molar-refractivity contribution in [2.45, 2.75) is 4.90 Å². The molecule has 1 aliphatic rings. The van der Waals surface area contributed by atoms with Crippen molar-refractivity contribution in [3.63, 3.8) is 0 Å². The molecule has 0 amide bonds. The van der Waals surface area contributed by atoms with E-state index in [9.17, 15) is 8.42 Å². The molecule has 110 valence electrons. The Morgan fingerprint density at radius 3 is 2.86 bits per heavy atom.